The predicted octanol–water partition coefficient (Wildman–Crippen LogP) is 5.58. The van der Waals surface area contributed by atoms with Crippen LogP contribution in [0, 0.1) is 0 Å². The smallest absolute Gasteiger partial charge is 0.383 e. The van der Waals surface area contributed by atoms with Gasteiger partial charge in [0.25, 0.3) is 5.75 Å². The predicted molar refractivity (Wildman–Crippen MR) is 117 cm³/mol. The third-order valence-corrected chi connectivity index (χ3v) is 4.17. The molecular weight excluding hydrogens is 384 g/mol. The number of carbonyl (C=O) groups excluding carboxylic acids is 1. The summed E-state index contributed by atoms with van der Waals surface area (Å²) >= 11 is 0. The summed E-state index contributed by atoms with van der Waals surface area (Å²) in [6, 6.07) is 5.23. The number of benzene rings is 1. The molecule has 0 saturated heterocycles. The quantitative estimate of drug-likeness (QED) is 0.303. The number of rotatable bonds is 9. The summed E-state index contributed by atoms with van der Waals surface area (Å²) in [5, 5.41) is 0.501. The van der Waals surface area contributed by atoms with Gasteiger partial charge in [-0.15, -0.1) is 0 Å². The Morgan fingerprint density at radius 3 is 2.47 bits per heavy atom. The van der Waals surface area contributed by atoms with Crippen LogP contribution < -0.4 is 19.8 Å². The maximum absolute atomic E-state index is 12.5. The summed E-state index contributed by atoms with van der Waals surface area (Å²) in [7, 11) is 0. The molecule has 0 bridgehead atoms. The summed E-state index contributed by atoms with van der Waals surface area (Å²) in [6.07, 6.45) is 5.92. The van der Waals surface area contributed by atoms with Gasteiger partial charge >= 0.3 is 11.6 Å². The van der Waals surface area contributed by atoms with E-state index in [4.69, 9.17) is 18.6 Å². The van der Waals surface area contributed by atoms with E-state index >= 15 is 0 Å². The largest absolute Gasteiger partial charge is 0.486 e. The fourth-order valence-electron chi connectivity index (χ4n) is 2.82. The standard InChI is InChI=1S/C24H30O6/c1-15(2)9-7-10-17(5)13-14-27-20-12-8-11-19-21(20)30-24(26)23(29-18(6)25)22(19)28-16(3)4/h8-9,11-13,16H,7,10,14H2,1-6H3/b17-13+. The molecule has 6 heteroatoms. The van der Waals surface area contributed by atoms with Gasteiger partial charge in [-0.25, -0.2) is 4.79 Å². The van der Waals surface area contributed by atoms with Crippen LogP contribution in [-0.2, 0) is 4.79 Å². The van der Waals surface area contributed by atoms with Gasteiger partial charge in [-0.2, -0.15) is 0 Å². The molecule has 1 aromatic carbocycles. The second-order valence-electron chi connectivity index (χ2n) is 7.62. The lowest BCUT2D eigenvalue weighted by Gasteiger charge is -2.16. The first-order valence-electron chi connectivity index (χ1n) is 10.1. The van der Waals surface area contributed by atoms with E-state index in [-0.39, 0.29) is 23.2 Å². The van der Waals surface area contributed by atoms with Gasteiger partial charge in [0.15, 0.2) is 17.1 Å². The number of ether oxygens (including phenoxy) is 3. The first-order chi connectivity index (χ1) is 14.2. The molecular formula is C24H30O6. The number of esters is 1. The van der Waals surface area contributed by atoms with Gasteiger partial charge in [0, 0.05) is 6.92 Å². The maximum Gasteiger partial charge on any atom is 0.383 e. The maximum atomic E-state index is 12.5. The molecule has 6 nitrogen and oxygen atoms in total. The van der Waals surface area contributed by atoms with Crippen molar-refractivity contribution in [1.29, 1.82) is 0 Å². The molecule has 0 amide bonds. The first-order valence-corrected chi connectivity index (χ1v) is 10.1. The van der Waals surface area contributed by atoms with Crippen LogP contribution in [0.4, 0.5) is 0 Å². The van der Waals surface area contributed by atoms with Crippen molar-refractivity contribution in [3.8, 4) is 17.2 Å². The highest BCUT2D eigenvalue weighted by Gasteiger charge is 2.22. The summed E-state index contributed by atoms with van der Waals surface area (Å²) in [4.78, 5) is 23.9. The van der Waals surface area contributed by atoms with Crippen molar-refractivity contribution in [3.05, 3.63) is 51.9 Å². The molecule has 0 aliphatic rings. The molecule has 1 aromatic heterocycles. The highest BCUT2D eigenvalue weighted by molar-refractivity contribution is 5.90. The Bertz CT molecular complexity index is 1010. The second kappa shape index (κ2) is 10.7. The highest BCUT2D eigenvalue weighted by Crippen LogP contribution is 2.37. The Morgan fingerprint density at radius 2 is 1.83 bits per heavy atom. The van der Waals surface area contributed by atoms with Crippen LogP contribution in [0.5, 0.6) is 17.2 Å². The first kappa shape index (κ1) is 23.3. The van der Waals surface area contributed by atoms with Crippen LogP contribution in [-0.4, -0.2) is 18.7 Å². The topological polar surface area (TPSA) is 75.0 Å². The number of carbonyl (C=O) groups is 1. The minimum atomic E-state index is -0.794. The van der Waals surface area contributed by atoms with Gasteiger partial charge in [-0.3, -0.25) is 4.79 Å². The lowest BCUT2D eigenvalue weighted by Crippen LogP contribution is -2.16. The highest BCUT2D eigenvalue weighted by atomic mass is 16.6. The van der Waals surface area contributed by atoms with E-state index in [9.17, 15) is 9.59 Å². The Balaban J connectivity index is 2.34. The van der Waals surface area contributed by atoms with Crippen LogP contribution in [0.1, 0.15) is 54.4 Å². The summed E-state index contributed by atoms with van der Waals surface area (Å²) in [6.45, 7) is 11.4. The third kappa shape index (κ3) is 6.51. The fourth-order valence-corrected chi connectivity index (χ4v) is 2.82. The Labute approximate surface area is 177 Å². The van der Waals surface area contributed by atoms with Gasteiger partial charge < -0.3 is 18.6 Å². The Kier molecular flexibility index (Phi) is 8.27. The van der Waals surface area contributed by atoms with Gasteiger partial charge in [0.05, 0.1) is 11.5 Å². The second-order valence-corrected chi connectivity index (χ2v) is 7.62. The number of fused-ring (bicyclic) bond motifs is 1. The van der Waals surface area contributed by atoms with Crippen LogP contribution >= 0.6 is 0 Å². The van der Waals surface area contributed by atoms with E-state index < -0.39 is 11.6 Å². The van der Waals surface area contributed by atoms with Crippen molar-refractivity contribution in [1.82, 2.24) is 0 Å². The molecule has 0 saturated carbocycles. The molecule has 1 heterocycles. The molecule has 0 N–H and O–H groups in total. The molecule has 162 valence electrons. The number of hydrogen-bond acceptors (Lipinski definition) is 6. The minimum Gasteiger partial charge on any atom is -0.486 e. The Hall–Kier alpha value is -3.02. The fraction of sp³-hybridized carbons (Fsp3) is 0.417. The van der Waals surface area contributed by atoms with Gasteiger partial charge in [0.2, 0.25) is 0 Å². The van der Waals surface area contributed by atoms with Crippen LogP contribution in [0.2, 0.25) is 0 Å². The summed E-state index contributed by atoms with van der Waals surface area (Å²) in [5.74, 6) is -0.293. The lowest BCUT2D eigenvalue weighted by molar-refractivity contribution is -0.132. The van der Waals surface area contributed by atoms with E-state index in [1.54, 1.807) is 18.2 Å². The zero-order valence-electron chi connectivity index (χ0n) is 18.5. The normalized spacial score (nSPS) is 11.5. The monoisotopic (exact) mass is 414 g/mol. The average molecular weight is 414 g/mol. The molecule has 0 spiro atoms. The zero-order valence-corrected chi connectivity index (χ0v) is 18.5. The van der Waals surface area contributed by atoms with Crippen LogP contribution in [0.25, 0.3) is 11.0 Å². The molecule has 0 unspecified atom stereocenters. The molecule has 0 aliphatic carbocycles. The van der Waals surface area contributed by atoms with E-state index in [0.717, 1.165) is 12.8 Å². The van der Waals surface area contributed by atoms with Gasteiger partial charge in [0.1, 0.15) is 6.61 Å². The van der Waals surface area contributed by atoms with Crippen molar-refractivity contribution < 1.29 is 23.4 Å². The molecule has 0 fully saturated rings. The van der Waals surface area contributed by atoms with E-state index in [1.807, 2.05) is 19.9 Å². The Morgan fingerprint density at radius 1 is 1.10 bits per heavy atom. The van der Waals surface area contributed by atoms with Crippen molar-refractivity contribution in [2.45, 2.75) is 60.5 Å². The molecule has 30 heavy (non-hydrogen) atoms. The van der Waals surface area contributed by atoms with Crippen molar-refractivity contribution >= 4 is 16.9 Å². The van der Waals surface area contributed by atoms with Gasteiger partial charge in [-0.1, -0.05) is 23.3 Å². The van der Waals surface area contributed by atoms with Crippen LogP contribution in [0.3, 0.4) is 0 Å². The number of allylic oxidation sites excluding steroid dienone is 3. The van der Waals surface area contributed by atoms with E-state index in [1.165, 1.54) is 18.1 Å². The summed E-state index contributed by atoms with van der Waals surface area (Å²) in [5.41, 5.74) is 1.98. The van der Waals surface area contributed by atoms with Crippen LogP contribution in [0.15, 0.2) is 50.7 Å². The van der Waals surface area contributed by atoms with Crippen molar-refractivity contribution in [3.63, 3.8) is 0 Å². The lowest BCUT2D eigenvalue weighted by atomic mass is 10.1. The van der Waals surface area contributed by atoms with Crippen molar-refractivity contribution in [2.75, 3.05) is 6.61 Å². The molecule has 2 aromatic rings. The number of hydrogen-bond donors (Lipinski definition) is 0. The molecule has 0 atom stereocenters. The van der Waals surface area contributed by atoms with E-state index in [2.05, 4.69) is 26.8 Å². The van der Waals surface area contributed by atoms with Crippen molar-refractivity contribution in [2.24, 2.45) is 0 Å². The number of para-hydroxylation sites is 1. The third-order valence-electron chi connectivity index (χ3n) is 4.17. The minimum absolute atomic E-state index is 0.172. The summed E-state index contributed by atoms with van der Waals surface area (Å²) < 4.78 is 22.2. The zero-order chi connectivity index (χ0) is 22.3. The van der Waals surface area contributed by atoms with E-state index in [0.29, 0.717) is 17.7 Å². The van der Waals surface area contributed by atoms with Gasteiger partial charge in [-0.05, 0) is 65.7 Å². The molecule has 2 rings (SSSR count). The SMILES string of the molecule is CC(=O)Oc1c(OC(C)C)c2cccc(OC/C=C(\C)CCC=C(C)C)c2oc1=O. The average Bonchev–Trinajstić information content (AvgIpc) is 2.64. The molecule has 0 aliphatic heterocycles. The molecule has 0 radical (unpaired) electrons.